The summed E-state index contributed by atoms with van der Waals surface area (Å²) in [5, 5.41) is 12.5. The van der Waals surface area contributed by atoms with Crippen LogP contribution in [0.25, 0.3) is 0 Å². The number of hydrogen-bond donors (Lipinski definition) is 3. The van der Waals surface area contributed by atoms with Crippen molar-refractivity contribution in [2.45, 2.75) is 70.8 Å². The minimum atomic E-state index is -0.929. The van der Waals surface area contributed by atoms with Crippen molar-refractivity contribution in [2.75, 3.05) is 13.2 Å². The van der Waals surface area contributed by atoms with Gasteiger partial charge < -0.3 is 20.9 Å². The van der Waals surface area contributed by atoms with E-state index in [0.29, 0.717) is 13.0 Å². The van der Waals surface area contributed by atoms with E-state index in [1.807, 2.05) is 0 Å². The van der Waals surface area contributed by atoms with Gasteiger partial charge in [0, 0.05) is 12.6 Å². The number of rotatable bonds is 8. The Morgan fingerprint density at radius 3 is 2.31 bits per heavy atom. The van der Waals surface area contributed by atoms with Crippen molar-refractivity contribution in [3.8, 4) is 0 Å². The smallest absolute Gasteiger partial charge is 0.308 e. The van der Waals surface area contributed by atoms with Gasteiger partial charge in [0.25, 0.3) is 0 Å². The second-order valence-corrected chi connectivity index (χ2v) is 7.74. The molecule has 0 radical (unpaired) electrons. The van der Waals surface area contributed by atoms with Gasteiger partial charge in [0.2, 0.25) is 5.91 Å². The molecule has 7 nitrogen and oxygen atoms in total. The van der Waals surface area contributed by atoms with E-state index in [9.17, 15) is 19.5 Å². The van der Waals surface area contributed by atoms with Crippen LogP contribution in [-0.2, 0) is 19.1 Å². The molecule has 0 aliphatic heterocycles. The quantitative estimate of drug-likeness (QED) is 0.563. The Labute approximate surface area is 155 Å². The van der Waals surface area contributed by atoms with Crippen LogP contribution in [0.3, 0.4) is 0 Å². The van der Waals surface area contributed by atoms with Gasteiger partial charge in [0.05, 0.1) is 23.9 Å². The lowest BCUT2D eigenvalue weighted by Crippen LogP contribution is -2.47. The highest BCUT2D eigenvalue weighted by molar-refractivity contribution is 5.84. The van der Waals surface area contributed by atoms with Gasteiger partial charge in [-0.15, -0.1) is 0 Å². The summed E-state index contributed by atoms with van der Waals surface area (Å²) in [5.41, 5.74) is 5.00. The van der Waals surface area contributed by atoms with Gasteiger partial charge in [-0.2, -0.15) is 0 Å². The summed E-state index contributed by atoms with van der Waals surface area (Å²) in [6, 6.07) is 0.0480. The number of aliphatic carboxylic acids is 1. The molecule has 2 saturated carbocycles. The summed E-state index contributed by atoms with van der Waals surface area (Å²) >= 11 is 0. The van der Waals surface area contributed by atoms with Crippen LogP contribution in [0.2, 0.25) is 0 Å². The third-order valence-electron chi connectivity index (χ3n) is 6.00. The fourth-order valence-corrected chi connectivity index (χ4v) is 4.39. The average Bonchev–Trinajstić information content (AvgIpc) is 3.10. The third-order valence-corrected chi connectivity index (χ3v) is 6.00. The van der Waals surface area contributed by atoms with Gasteiger partial charge in [-0.1, -0.05) is 12.8 Å². The van der Waals surface area contributed by atoms with E-state index in [2.05, 4.69) is 5.32 Å². The molecule has 0 aromatic rings. The molecule has 0 heterocycles. The van der Waals surface area contributed by atoms with E-state index >= 15 is 0 Å². The zero-order valence-corrected chi connectivity index (χ0v) is 15.7. The first-order valence-corrected chi connectivity index (χ1v) is 9.82. The van der Waals surface area contributed by atoms with Crippen LogP contribution in [-0.4, -0.2) is 42.1 Å². The van der Waals surface area contributed by atoms with Crippen LogP contribution in [0.15, 0.2) is 0 Å². The van der Waals surface area contributed by atoms with Crippen molar-refractivity contribution in [3.63, 3.8) is 0 Å². The first-order valence-electron chi connectivity index (χ1n) is 9.82. The van der Waals surface area contributed by atoms with Gasteiger partial charge in [-0.25, -0.2) is 0 Å². The van der Waals surface area contributed by atoms with Gasteiger partial charge in [-0.05, 0) is 51.9 Å². The molecule has 1 unspecified atom stereocenters. The first kappa shape index (κ1) is 20.7. The van der Waals surface area contributed by atoms with E-state index in [1.54, 1.807) is 6.92 Å². The molecule has 0 aromatic heterocycles. The van der Waals surface area contributed by atoms with Crippen LogP contribution in [0.5, 0.6) is 0 Å². The highest BCUT2D eigenvalue weighted by Gasteiger charge is 2.44. The van der Waals surface area contributed by atoms with Crippen molar-refractivity contribution in [3.05, 3.63) is 0 Å². The Balaban J connectivity index is 1.92. The van der Waals surface area contributed by atoms with E-state index in [-0.39, 0.29) is 30.4 Å². The predicted molar refractivity (Wildman–Crippen MR) is 96.2 cm³/mol. The van der Waals surface area contributed by atoms with E-state index in [0.717, 1.165) is 51.4 Å². The van der Waals surface area contributed by atoms with Crippen LogP contribution >= 0.6 is 0 Å². The van der Waals surface area contributed by atoms with Gasteiger partial charge in [0.1, 0.15) is 0 Å². The summed E-state index contributed by atoms with van der Waals surface area (Å²) in [7, 11) is 0. The Kier molecular flexibility index (Phi) is 7.43. The maximum atomic E-state index is 13.0. The third kappa shape index (κ3) is 4.96. The van der Waals surface area contributed by atoms with Crippen molar-refractivity contribution < 1.29 is 24.2 Å². The number of esters is 1. The lowest BCUT2D eigenvalue weighted by Gasteiger charge is -2.34. The summed E-state index contributed by atoms with van der Waals surface area (Å²) in [6.45, 7) is 2.25. The first-order chi connectivity index (χ1) is 12.4. The minimum absolute atomic E-state index is 0.0331. The Morgan fingerprint density at radius 2 is 1.81 bits per heavy atom. The number of amides is 1. The molecule has 2 rings (SSSR count). The monoisotopic (exact) mass is 368 g/mol. The van der Waals surface area contributed by atoms with Crippen molar-refractivity contribution >= 4 is 17.8 Å². The maximum Gasteiger partial charge on any atom is 0.308 e. The zero-order valence-electron chi connectivity index (χ0n) is 15.7. The maximum absolute atomic E-state index is 13.0. The highest BCUT2D eigenvalue weighted by atomic mass is 16.5. The van der Waals surface area contributed by atoms with Crippen LogP contribution in [0.1, 0.15) is 64.7 Å². The summed E-state index contributed by atoms with van der Waals surface area (Å²) in [5.74, 6) is -1.86. The van der Waals surface area contributed by atoms with Gasteiger partial charge in [0.15, 0.2) is 0 Å². The molecule has 0 spiro atoms. The number of nitrogens with two attached hydrogens (primary N) is 1. The van der Waals surface area contributed by atoms with Crippen molar-refractivity contribution in [1.82, 2.24) is 5.32 Å². The molecule has 4 N–H and O–H groups in total. The number of carboxylic acids is 1. The van der Waals surface area contributed by atoms with Gasteiger partial charge in [-0.3, -0.25) is 14.4 Å². The van der Waals surface area contributed by atoms with Crippen molar-refractivity contribution in [2.24, 2.45) is 23.0 Å². The molecule has 26 heavy (non-hydrogen) atoms. The topological polar surface area (TPSA) is 119 Å². The van der Waals surface area contributed by atoms with E-state index in [1.165, 1.54) is 0 Å². The molecule has 148 valence electrons. The summed E-state index contributed by atoms with van der Waals surface area (Å²) in [6.07, 6.45) is 6.59. The number of carbonyl (C=O) groups excluding carboxylic acids is 2. The molecule has 2 fully saturated rings. The fraction of sp³-hybridized carbons (Fsp3) is 0.842. The molecule has 0 saturated heterocycles. The summed E-state index contributed by atoms with van der Waals surface area (Å²) in [4.78, 5) is 36.2. The van der Waals surface area contributed by atoms with Crippen molar-refractivity contribution in [1.29, 1.82) is 0 Å². The molecule has 0 bridgehead atoms. The largest absolute Gasteiger partial charge is 0.481 e. The molecular weight excluding hydrogens is 336 g/mol. The fourth-order valence-electron chi connectivity index (χ4n) is 4.39. The molecule has 7 heteroatoms. The minimum Gasteiger partial charge on any atom is -0.481 e. The number of nitrogens with one attached hydrogen (secondary N) is 1. The lowest BCUT2D eigenvalue weighted by atomic mass is 9.76. The number of hydrogen-bond acceptors (Lipinski definition) is 5. The Morgan fingerprint density at radius 1 is 1.19 bits per heavy atom. The van der Waals surface area contributed by atoms with Crippen LogP contribution < -0.4 is 11.1 Å². The molecule has 2 aliphatic carbocycles. The van der Waals surface area contributed by atoms with E-state index < -0.39 is 17.3 Å². The molecule has 1 atom stereocenters. The molecule has 1 amide bonds. The zero-order chi connectivity index (χ0) is 19.2. The number of carbonyl (C=O) groups is 3. The number of ether oxygens (including phenoxy) is 1. The molecule has 0 aromatic carbocycles. The van der Waals surface area contributed by atoms with Crippen LogP contribution in [0.4, 0.5) is 0 Å². The average molecular weight is 368 g/mol. The highest BCUT2D eigenvalue weighted by Crippen LogP contribution is 2.44. The van der Waals surface area contributed by atoms with E-state index in [4.69, 9.17) is 10.5 Å². The molecule has 2 aliphatic rings. The normalized spacial score (nSPS) is 26.1. The number of carboxylic acid groups (broad SMARTS) is 1. The lowest BCUT2D eigenvalue weighted by molar-refractivity contribution is -0.149. The SMILES string of the molecule is CCOC(=O)C1CCC(NC(=O)C2(CC(CN)C(=O)O)CCCC2)CC1. The van der Waals surface area contributed by atoms with Gasteiger partial charge >= 0.3 is 11.9 Å². The molecular formula is C19H32N2O5. The standard InChI is InChI=1S/C19H32N2O5/c1-2-26-17(24)13-5-7-15(8-6-13)21-18(25)19(9-3-4-10-19)11-14(12-20)16(22)23/h13-15H,2-12,20H2,1H3,(H,21,25)(H,22,23). The second-order valence-electron chi connectivity index (χ2n) is 7.74. The summed E-state index contributed by atoms with van der Waals surface area (Å²) < 4.78 is 5.08. The second kappa shape index (κ2) is 9.35. The van der Waals surface area contributed by atoms with Crippen LogP contribution in [0, 0.1) is 17.3 Å². The Hall–Kier alpha value is -1.63. The predicted octanol–water partition coefficient (Wildman–Crippen LogP) is 1.83. The Bertz CT molecular complexity index is 508.